The van der Waals surface area contributed by atoms with Crippen LogP contribution < -0.4 is 0 Å². The molecule has 52 aliphatic carbocycles. The summed E-state index contributed by atoms with van der Waals surface area (Å²) in [5.74, 6) is 42.5. The predicted octanol–water partition coefficient (Wildman–Crippen LogP) is 5.64. The van der Waals surface area contributed by atoms with Crippen LogP contribution in [0.1, 0.15) is 32.1 Å². The Morgan fingerprint density at radius 3 is 0.958 bits per heavy atom. The average Bonchev–Trinajstić information content (AvgIpc) is 1.25. The first-order valence-electron chi connectivity index (χ1n) is 35.3. The van der Waals surface area contributed by atoms with Crippen molar-refractivity contribution in [1.82, 2.24) is 0 Å². The van der Waals surface area contributed by atoms with Crippen LogP contribution in [-0.2, 0) is 0 Å². The first kappa shape index (κ1) is 23.4. The van der Waals surface area contributed by atoms with Crippen LogP contribution in [0, 0.1) is 372 Å². The molecule has 52 saturated carbocycles. The van der Waals surface area contributed by atoms with Gasteiger partial charge < -0.3 is 0 Å². The van der Waals surface area contributed by atoms with E-state index < -0.39 is 0 Å². The second kappa shape index (κ2) is 3.45. The lowest BCUT2D eigenvalue weighted by atomic mass is 8.33. The van der Waals surface area contributed by atoms with Gasteiger partial charge in [-0.2, -0.15) is 0 Å². The SMILES string of the molecule is C1CC2C3C4C1C1C5C6C7C8C9C%10C%11C%12C%13C%14C%15CC%16C%17C%18CC%19C%20C%21C%22C%23C%24C%25C%26C%27C%28C%29CC2%30C32C41C51C63C74C85C96C%107C%118C%129C%13%10C%14%11C%16%15C%17%12C%18%19C%20%13C%21%14C%22%15C%23%16C%24%17C%25%18C%26%19C%27%20C%28%21C%29%30C21C%213C%204C%195C%186C%177C%168C%159C%14%10C%12%13%11. The van der Waals surface area contributed by atoms with E-state index in [0.29, 0.717) is 0 Å². The molecule has 0 N–H and O–H groups in total. The minimum atomic E-state index is 1.06. The van der Waals surface area contributed by atoms with Gasteiger partial charge in [0.05, 0.1) is 0 Å². The molecule has 52 aliphatic rings. The van der Waals surface area contributed by atoms with E-state index in [-0.39, 0.29) is 0 Å². The van der Waals surface area contributed by atoms with E-state index in [1.54, 1.807) is 0 Å². The number of hydrogen-bond acceptors (Lipinski definition) is 0. The van der Waals surface area contributed by atoms with Crippen LogP contribution in [-0.4, -0.2) is 0 Å². The fourth-order valence-corrected chi connectivity index (χ4v) is 81.2. The molecule has 0 aromatic rings. The van der Waals surface area contributed by atoms with Gasteiger partial charge in [-0.3, -0.25) is 0 Å². The van der Waals surface area contributed by atoms with Crippen LogP contribution >= 0.6 is 0 Å². The number of hydrogen-bond donors (Lipinski definition) is 0. The summed E-state index contributed by atoms with van der Waals surface area (Å²) < 4.78 is 0. The highest BCUT2D eigenvalue weighted by Crippen LogP contribution is 3.74. The summed E-state index contributed by atoms with van der Waals surface area (Å²) in [6.07, 6.45) is 9.32. The Morgan fingerprint density at radius 1 is 0.183 bits per heavy atom. The van der Waals surface area contributed by atoms with Gasteiger partial charge >= 0.3 is 0 Å². The molecule has 52 rings (SSSR count). The summed E-state index contributed by atoms with van der Waals surface area (Å²) in [5.41, 5.74) is 40.7. The molecule has 0 aromatic heterocycles. The fraction of sp³-hybridized carbons (Fsp3) is 1.00. The van der Waals surface area contributed by atoms with Gasteiger partial charge in [0.25, 0.3) is 0 Å². The predicted molar refractivity (Wildman–Crippen MR) is 215 cm³/mol. The van der Waals surface area contributed by atoms with Crippen molar-refractivity contribution in [1.29, 1.82) is 0 Å². The zero-order valence-electron chi connectivity index (χ0n) is 38.9. The van der Waals surface area contributed by atoms with Gasteiger partial charge in [0.15, 0.2) is 0 Å². The van der Waals surface area contributed by atoms with E-state index in [0.717, 1.165) is 195 Å². The molecule has 0 radical (unpaired) electrons. The standard InChI is InChI=1S/C71H40/c1-2-7-16-13-6(1)14-20-24-28-32-35-34-30-26-22-18-11-4-9-15-8-3-10-17-21-25-29-33-31-27-23-19-12-5-36(7)40(12)46(19)50(23)54(27)58(31)59(33)55(29)51(25)47(21)43(17)37(8,10)42(15)38(9,11)44(18)48(22)52(26)56(30)60(34)61(35)57(32)53(28)49(24)45(20)39(13,14)41(16,36)62(40,45)64(46,49)66(50,53)68(54,57)70(58,61)71(59,60)69(55,56)67(51,52)65(47,48)63(42,43)44/h6-35H,1-5H2. The Kier molecular flexibility index (Phi) is 1.13. The third-order valence-corrected chi connectivity index (χ3v) is 62.9. The maximum atomic E-state index is 1.94. The average molecular weight is 893 g/mol. The molecule has 66 unspecified atom stereocenters. The highest BCUT2D eigenvalue weighted by Gasteiger charge is 3.73. The van der Waals surface area contributed by atoms with Crippen LogP contribution in [0.3, 0.4) is 0 Å². The molecule has 0 saturated heterocycles. The molecule has 36 spiro atoms. The van der Waals surface area contributed by atoms with Crippen molar-refractivity contribution in [2.45, 2.75) is 32.1 Å². The monoisotopic (exact) mass is 892 g/mol. The molecule has 0 bridgehead atoms. The van der Waals surface area contributed by atoms with Gasteiger partial charge in [-0.25, -0.2) is 0 Å². The lowest BCUT2D eigenvalue weighted by molar-refractivity contribution is -1.25. The lowest BCUT2D eigenvalue weighted by Crippen LogP contribution is -3.68. The van der Waals surface area contributed by atoms with E-state index in [1.165, 1.54) is 178 Å². The molecule has 0 heterocycles. The largest absolute Gasteiger partial charge is 0.0496 e. The van der Waals surface area contributed by atoms with Crippen LogP contribution in [0.25, 0.3) is 0 Å². The summed E-state index contributed by atoms with van der Waals surface area (Å²) in [7, 11) is 0. The number of fused-ring (bicyclic) bond motifs is 24. The summed E-state index contributed by atoms with van der Waals surface area (Å²) in [4.78, 5) is 0. The van der Waals surface area contributed by atoms with Gasteiger partial charge in [0.1, 0.15) is 0 Å². The van der Waals surface area contributed by atoms with E-state index >= 15 is 0 Å². The zero-order chi connectivity index (χ0) is 38.9. The fourth-order valence-electron chi connectivity index (χ4n) is 81.2. The normalized spacial score (nSPS) is 145. The molecule has 324 valence electrons. The van der Waals surface area contributed by atoms with Crippen LogP contribution in [0.4, 0.5) is 0 Å². The molecule has 52 fully saturated rings. The highest BCUT2D eigenvalue weighted by molar-refractivity contribution is 6.17. The first-order valence-corrected chi connectivity index (χ1v) is 35.3. The quantitative estimate of drug-likeness (QED) is 0.296. The van der Waals surface area contributed by atoms with Crippen LogP contribution in [0.2, 0.25) is 0 Å². The Labute approximate surface area is 402 Å². The van der Waals surface area contributed by atoms with Gasteiger partial charge in [-0.05, 0) is 405 Å². The molecular weight excluding hydrogens is 853 g/mol. The maximum Gasteiger partial charge on any atom is -0.000715 e. The van der Waals surface area contributed by atoms with Crippen LogP contribution in [0.15, 0.2) is 0 Å². The van der Waals surface area contributed by atoms with Crippen molar-refractivity contribution in [2.75, 3.05) is 0 Å². The minimum Gasteiger partial charge on any atom is -0.0496 e. The third-order valence-electron chi connectivity index (χ3n) is 62.9. The van der Waals surface area contributed by atoms with E-state index in [1.807, 2.05) is 32.1 Å². The molecule has 0 amide bonds. The summed E-state index contributed by atoms with van der Waals surface area (Å²) in [6.45, 7) is 0. The van der Waals surface area contributed by atoms with Crippen molar-refractivity contribution in [2.24, 2.45) is 372 Å². The summed E-state index contributed by atoms with van der Waals surface area (Å²) in [6, 6.07) is 0. The second-order valence-corrected chi connectivity index (χ2v) is 46.5. The van der Waals surface area contributed by atoms with Crippen molar-refractivity contribution in [3.63, 3.8) is 0 Å². The Bertz CT molecular complexity index is 5020. The molecule has 66 atom stereocenters. The molecule has 0 aromatic carbocycles. The van der Waals surface area contributed by atoms with Gasteiger partial charge in [-0.15, -0.1) is 0 Å². The summed E-state index contributed by atoms with van der Waals surface area (Å²) in [5, 5.41) is 0. The summed E-state index contributed by atoms with van der Waals surface area (Å²) >= 11 is 0. The molecule has 0 aliphatic heterocycles. The smallest absolute Gasteiger partial charge is 0.000715 e. The molecular formula is C71H40. The van der Waals surface area contributed by atoms with E-state index in [4.69, 9.17) is 0 Å². The van der Waals surface area contributed by atoms with E-state index in [2.05, 4.69) is 0 Å². The van der Waals surface area contributed by atoms with Crippen molar-refractivity contribution < 1.29 is 0 Å². The van der Waals surface area contributed by atoms with Crippen molar-refractivity contribution >= 4 is 0 Å². The van der Waals surface area contributed by atoms with Crippen molar-refractivity contribution in [3.05, 3.63) is 0 Å². The van der Waals surface area contributed by atoms with Crippen LogP contribution in [0.5, 0.6) is 0 Å². The minimum absolute atomic E-state index is 1.06. The molecule has 0 heteroatoms. The second-order valence-electron chi connectivity index (χ2n) is 46.5. The Hall–Kier alpha value is 0. The van der Waals surface area contributed by atoms with Crippen molar-refractivity contribution in [3.8, 4) is 0 Å². The highest BCUT2D eigenvalue weighted by atomic mass is 15.8. The number of rotatable bonds is 0. The maximum absolute atomic E-state index is 1.94. The van der Waals surface area contributed by atoms with E-state index in [9.17, 15) is 0 Å². The lowest BCUT2D eigenvalue weighted by Gasteiger charge is -3.69. The van der Waals surface area contributed by atoms with Gasteiger partial charge in [0.2, 0.25) is 0 Å². The topological polar surface area (TPSA) is 0 Å². The third kappa shape index (κ3) is 0.490. The Morgan fingerprint density at radius 2 is 0.493 bits per heavy atom. The van der Waals surface area contributed by atoms with Gasteiger partial charge in [0, 0.05) is 0 Å². The zero-order valence-corrected chi connectivity index (χ0v) is 38.9. The molecule has 0 nitrogen and oxygen atoms in total. The van der Waals surface area contributed by atoms with Gasteiger partial charge in [-0.1, -0.05) is 0 Å². The molecule has 71 heavy (non-hydrogen) atoms. The Balaban J connectivity index is 0.657. The first-order chi connectivity index (χ1) is 35.3.